The minimum Gasteiger partial charge on any atom is -0.314 e. The number of rotatable bonds is 3. The van der Waals surface area contributed by atoms with Crippen molar-refractivity contribution in [1.29, 1.82) is 0 Å². The Morgan fingerprint density at radius 1 is 1.06 bits per heavy atom. The van der Waals surface area contributed by atoms with E-state index in [4.69, 9.17) is 0 Å². The number of nitrogens with zero attached hydrogens (tertiary/aromatic N) is 1. The molecule has 0 amide bonds. The van der Waals surface area contributed by atoms with Crippen LogP contribution in [0.2, 0.25) is 0 Å². The molecule has 1 saturated heterocycles. The standard InChI is InChI=1S/C15H30N2/c1-15(2)8-4-14(5-9-15)16-12-13-6-10-17(3)11-7-13/h13-14,16H,4-12H2,1-3H3. The van der Waals surface area contributed by atoms with Crippen molar-refractivity contribution in [2.24, 2.45) is 11.3 Å². The monoisotopic (exact) mass is 238 g/mol. The van der Waals surface area contributed by atoms with Gasteiger partial charge < -0.3 is 10.2 Å². The molecule has 2 rings (SSSR count). The molecule has 0 aromatic carbocycles. The van der Waals surface area contributed by atoms with E-state index >= 15 is 0 Å². The maximum atomic E-state index is 3.83. The Hall–Kier alpha value is -0.0800. The Morgan fingerprint density at radius 2 is 1.65 bits per heavy atom. The maximum Gasteiger partial charge on any atom is 0.00675 e. The molecule has 1 heterocycles. The summed E-state index contributed by atoms with van der Waals surface area (Å²) >= 11 is 0. The third kappa shape index (κ3) is 4.26. The molecule has 0 spiro atoms. The van der Waals surface area contributed by atoms with Crippen molar-refractivity contribution in [1.82, 2.24) is 10.2 Å². The van der Waals surface area contributed by atoms with Gasteiger partial charge in [-0.2, -0.15) is 0 Å². The van der Waals surface area contributed by atoms with Gasteiger partial charge in [0.1, 0.15) is 0 Å². The second kappa shape index (κ2) is 5.71. The van der Waals surface area contributed by atoms with Crippen LogP contribution in [0.1, 0.15) is 52.4 Å². The number of piperidine rings is 1. The maximum absolute atomic E-state index is 3.83. The molecule has 2 fully saturated rings. The first kappa shape index (κ1) is 13.4. The lowest BCUT2D eigenvalue weighted by Crippen LogP contribution is -2.40. The summed E-state index contributed by atoms with van der Waals surface area (Å²) in [6.07, 6.45) is 8.36. The minimum atomic E-state index is 0.603. The van der Waals surface area contributed by atoms with Crippen molar-refractivity contribution >= 4 is 0 Å². The Morgan fingerprint density at radius 3 is 2.24 bits per heavy atom. The molecule has 0 unspecified atom stereocenters. The number of hydrogen-bond acceptors (Lipinski definition) is 2. The van der Waals surface area contributed by atoms with Crippen LogP contribution in [0.5, 0.6) is 0 Å². The zero-order valence-corrected chi connectivity index (χ0v) is 12.0. The quantitative estimate of drug-likeness (QED) is 0.813. The molecule has 100 valence electrons. The molecule has 0 aromatic rings. The van der Waals surface area contributed by atoms with Gasteiger partial charge >= 0.3 is 0 Å². The summed E-state index contributed by atoms with van der Waals surface area (Å²) in [5.41, 5.74) is 0.603. The third-order valence-corrected chi connectivity index (χ3v) is 4.87. The van der Waals surface area contributed by atoms with Crippen LogP contribution < -0.4 is 5.32 Å². The van der Waals surface area contributed by atoms with Crippen LogP contribution in [0.4, 0.5) is 0 Å². The van der Waals surface area contributed by atoms with Gasteiger partial charge in [-0.3, -0.25) is 0 Å². The highest BCUT2D eigenvalue weighted by atomic mass is 15.1. The SMILES string of the molecule is CN1CCC(CNC2CCC(C)(C)CC2)CC1. The van der Waals surface area contributed by atoms with E-state index in [-0.39, 0.29) is 0 Å². The van der Waals surface area contributed by atoms with Gasteiger partial charge in [-0.25, -0.2) is 0 Å². The van der Waals surface area contributed by atoms with Crippen molar-refractivity contribution in [3.05, 3.63) is 0 Å². The molecule has 1 N–H and O–H groups in total. The van der Waals surface area contributed by atoms with E-state index in [1.54, 1.807) is 0 Å². The van der Waals surface area contributed by atoms with E-state index in [0.717, 1.165) is 12.0 Å². The van der Waals surface area contributed by atoms with Crippen molar-refractivity contribution in [2.45, 2.75) is 58.4 Å². The summed E-state index contributed by atoms with van der Waals surface area (Å²) in [4.78, 5) is 2.46. The molecule has 0 atom stereocenters. The predicted molar refractivity (Wildman–Crippen MR) is 74.3 cm³/mol. The van der Waals surface area contributed by atoms with Crippen molar-refractivity contribution in [3.8, 4) is 0 Å². The average Bonchev–Trinajstić information content (AvgIpc) is 2.30. The van der Waals surface area contributed by atoms with E-state index in [9.17, 15) is 0 Å². The highest BCUT2D eigenvalue weighted by Crippen LogP contribution is 2.35. The van der Waals surface area contributed by atoms with E-state index in [1.807, 2.05) is 0 Å². The molecular formula is C15H30N2. The second-order valence-corrected chi connectivity index (χ2v) is 7.09. The zero-order chi connectivity index (χ0) is 12.3. The van der Waals surface area contributed by atoms with Gasteiger partial charge in [-0.1, -0.05) is 13.8 Å². The summed E-state index contributed by atoms with van der Waals surface area (Å²) in [5, 5.41) is 3.83. The van der Waals surface area contributed by atoms with Gasteiger partial charge in [0, 0.05) is 6.04 Å². The van der Waals surface area contributed by atoms with Crippen LogP contribution >= 0.6 is 0 Å². The number of nitrogens with one attached hydrogen (secondary N) is 1. The van der Waals surface area contributed by atoms with Gasteiger partial charge in [-0.05, 0) is 76.5 Å². The molecule has 17 heavy (non-hydrogen) atoms. The van der Waals surface area contributed by atoms with Crippen LogP contribution in [0.15, 0.2) is 0 Å². The summed E-state index contributed by atoms with van der Waals surface area (Å²) in [5.74, 6) is 0.932. The van der Waals surface area contributed by atoms with Gasteiger partial charge in [0.2, 0.25) is 0 Å². The largest absolute Gasteiger partial charge is 0.314 e. The highest BCUT2D eigenvalue weighted by molar-refractivity contribution is 4.83. The highest BCUT2D eigenvalue weighted by Gasteiger charge is 2.27. The van der Waals surface area contributed by atoms with Gasteiger partial charge in [0.25, 0.3) is 0 Å². The van der Waals surface area contributed by atoms with Gasteiger partial charge in [-0.15, -0.1) is 0 Å². The van der Waals surface area contributed by atoms with Crippen LogP contribution in [0.25, 0.3) is 0 Å². The normalized spacial score (nSPS) is 28.4. The molecule has 2 heteroatoms. The van der Waals surface area contributed by atoms with Crippen molar-refractivity contribution < 1.29 is 0 Å². The Balaban J connectivity index is 1.63. The van der Waals surface area contributed by atoms with Crippen molar-refractivity contribution in [3.63, 3.8) is 0 Å². The van der Waals surface area contributed by atoms with Crippen LogP contribution in [-0.4, -0.2) is 37.6 Å². The molecular weight excluding hydrogens is 208 g/mol. The summed E-state index contributed by atoms with van der Waals surface area (Å²) in [7, 11) is 2.24. The summed E-state index contributed by atoms with van der Waals surface area (Å²) in [6.45, 7) is 8.69. The van der Waals surface area contributed by atoms with Crippen LogP contribution in [0, 0.1) is 11.3 Å². The van der Waals surface area contributed by atoms with Crippen molar-refractivity contribution in [2.75, 3.05) is 26.7 Å². The van der Waals surface area contributed by atoms with E-state index in [1.165, 1.54) is 58.2 Å². The molecule has 2 nitrogen and oxygen atoms in total. The molecule has 0 bridgehead atoms. The lowest BCUT2D eigenvalue weighted by molar-refractivity contribution is 0.183. The minimum absolute atomic E-state index is 0.603. The van der Waals surface area contributed by atoms with Gasteiger partial charge in [0.15, 0.2) is 0 Å². The lowest BCUT2D eigenvalue weighted by Gasteiger charge is -2.36. The summed E-state index contributed by atoms with van der Waals surface area (Å²) < 4.78 is 0. The predicted octanol–water partition coefficient (Wildman–Crippen LogP) is 2.89. The molecule has 1 aliphatic carbocycles. The Bertz CT molecular complexity index is 219. The zero-order valence-electron chi connectivity index (χ0n) is 12.0. The average molecular weight is 238 g/mol. The number of hydrogen-bond donors (Lipinski definition) is 1. The first-order chi connectivity index (χ1) is 8.05. The molecule has 1 aliphatic heterocycles. The lowest BCUT2D eigenvalue weighted by atomic mass is 9.75. The Labute approximate surface area is 107 Å². The van der Waals surface area contributed by atoms with Crippen LogP contribution in [-0.2, 0) is 0 Å². The smallest absolute Gasteiger partial charge is 0.00675 e. The first-order valence-corrected chi connectivity index (χ1v) is 7.47. The van der Waals surface area contributed by atoms with E-state index in [0.29, 0.717) is 5.41 Å². The Kier molecular flexibility index (Phi) is 4.48. The second-order valence-electron chi connectivity index (χ2n) is 7.09. The van der Waals surface area contributed by atoms with E-state index < -0.39 is 0 Å². The fourth-order valence-electron chi connectivity index (χ4n) is 3.20. The van der Waals surface area contributed by atoms with E-state index in [2.05, 4.69) is 31.1 Å². The fraction of sp³-hybridized carbons (Fsp3) is 1.00. The topological polar surface area (TPSA) is 15.3 Å². The molecule has 1 saturated carbocycles. The summed E-state index contributed by atoms with van der Waals surface area (Å²) in [6, 6.07) is 0.808. The first-order valence-electron chi connectivity index (χ1n) is 7.47. The molecule has 0 aromatic heterocycles. The van der Waals surface area contributed by atoms with Gasteiger partial charge in [0.05, 0.1) is 0 Å². The molecule has 0 radical (unpaired) electrons. The van der Waals surface area contributed by atoms with Crippen LogP contribution in [0.3, 0.4) is 0 Å². The third-order valence-electron chi connectivity index (χ3n) is 4.87. The number of likely N-dealkylation sites (tertiary alicyclic amines) is 1. The fourth-order valence-corrected chi connectivity index (χ4v) is 3.20. The molecule has 2 aliphatic rings.